The SMILES string of the molecule is C[C@]12CC[C@H]3[C@@H](C=CC4CCCC[C@@]43C)[C@@H]1[C@@H]1C[C@@H]1[C@H]2C#CCOCc1ccccc1. The Morgan fingerprint density at radius 1 is 0.968 bits per heavy atom. The second-order valence-corrected chi connectivity index (χ2v) is 11.8. The molecule has 0 bridgehead atoms. The van der Waals surface area contributed by atoms with Crippen LogP contribution in [-0.4, -0.2) is 6.61 Å². The maximum atomic E-state index is 5.87. The molecule has 0 amide bonds. The van der Waals surface area contributed by atoms with Gasteiger partial charge in [-0.1, -0.05) is 81.0 Å². The van der Waals surface area contributed by atoms with Crippen molar-refractivity contribution in [3.05, 3.63) is 48.0 Å². The van der Waals surface area contributed by atoms with Crippen molar-refractivity contribution >= 4 is 0 Å². The van der Waals surface area contributed by atoms with Crippen LogP contribution in [0.15, 0.2) is 42.5 Å². The Morgan fingerprint density at radius 2 is 1.84 bits per heavy atom. The molecule has 5 aliphatic rings. The molecule has 0 aromatic heterocycles. The summed E-state index contributed by atoms with van der Waals surface area (Å²) in [5.41, 5.74) is 2.22. The van der Waals surface area contributed by atoms with Gasteiger partial charge in [0, 0.05) is 5.92 Å². The molecule has 0 heterocycles. The van der Waals surface area contributed by atoms with Crippen LogP contribution in [0.25, 0.3) is 0 Å². The number of rotatable bonds is 3. The van der Waals surface area contributed by atoms with E-state index in [-0.39, 0.29) is 0 Å². The van der Waals surface area contributed by atoms with E-state index in [1.807, 2.05) is 0 Å². The fraction of sp³-hybridized carbons (Fsp3) is 0.667. The molecule has 1 unspecified atom stereocenters. The lowest BCUT2D eigenvalue weighted by Crippen LogP contribution is -2.51. The molecular formula is C30H38O. The van der Waals surface area contributed by atoms with Gasteiger partial charge in [-0.25, -0.2) is 0 Å². The van der Waals surface area contributed by atoms with E-state index in [4.69, 9.17) is 4.74 Å². The van der Waals surface area contributed by atoms with Gasteiger partial charge < -0.3 is 4.74 Å². The van der Waals surface area contributed by atoms with Crippen LogP contribution in [0.2, 0.25) is 0 Å². The van der Waals surface area contributed by atoms with Crippen molar-refractivity contribution in [2.75, 3.05) is 6.61 Å². The van der Waals surface area contributed by atoms with E-state index in [1.54, 1.807) is 0 Å². The Bertz CT molecular complexity index is 905. The summed E-state index contributed by atoms with van der Waals surface area (Å²) in [4.78, 5) is 0. The Morgan fingerprint density at radius 3 is 2.71 bits per heavy atom. The maximum absolute atomic E-state index is 5.87. The summed E-state index contributed by atoms with van der Waals surface area (Å²) in [7, 11) is 0. The number of benzene rings is 1. The summed E-state index contributed by atoms with van der Waals surface area (Å²) < 4.78 is 5.87. The summed E-state index contributed by atoms with van der Waals surface area (Å²) in [6.45, 7) is 6.49. The van der Waals surface area contributed by atoms with Crippen molar-refractivity contribution in [2.45, 2.75) is 65.4 Å². The van der Waals surface area contributed by atoms with Crippen molar-refractivity contribution in [3.63, 3.8) is 0 Å². The van der Waals surface area contributed by atoms with Crippen molar-refractivity contribution in [1.29, 1.82) is 0 Å². The van der Waals surface area contributed by atoms with E-state index >= 15 is 0 Å². The summed E-state index contributed by atoms with van der Waals surface area (Å²) in [5.74, 6) is 13.1. The third-order valence-electron chi connectivity index (χ3n) is 10.4. The van der Waals surface area contributed by atoms with Crippen LogP contribution in [-0.2, 0) is 11.3 Å². The maximum Gasteiger partial charge on any atom is 0.108 e. The smallest absolute Gasteiger partial charge is 0.108 e. The average Bonchev–Trinajstić information content (AvgIpc) is 3.50. The molecule has 31 heavy (non-hydrogen) atoms. The van der Waals surface area contributed by atoms with Crippen molar-refractivity contribution in [2.24, 2.45) is 52.3 Å². The quantitative estimate of drug-likeness (QED) is 0.297. The van der Waals surface area contributed by atoms with Gasteiger partial charge in [0.25, 0.3) is 0 Å². The lowest BCUT2D eigenvalue weighted by molar-refractivity contribution is -0.0632. The fourth-order valence-electron chi connectivity index (χ4n) is 8.84. The predicted octanol–water partition coefficient (Wildman–Crippen LogP) is 6.89. The first kappa shape index (κ1) is 20.1. The molecule has 0 spiro atoms. The van der Waals surface area contributed by atoms with Gasteiger partial charge >= 0.3 is 0 Å². The Hall–Kier alpha value is -1.52. The Balaban J connectivity index is 1.17. The second kappa shape index (κ2) is 7.52. The van der Waals surface area contributed by atoms with Crippen molar-refractivity contribution in [1.82, 2.24) is 0 Å². The van der Waals surface area contributed by atoms with Crippen LogP contribution in [0.1, 0.15) is 64.4 Å². The molecule has 4 fully saturated rings. The lowest BCUT2D eigenvalue weighted by Gasteiger charge is -2.58. The molecule has 1 nitrogen and oxygen atoms in total. The van der Waals surface area contributed by atoms with Gasteiger partial charge in [0.05, 0.1) is 6.61 Å². The molecular weight excluding hydrogens is 376 g/mol. The van der Waals surface area contributed by atoms with Gasteiger partial charge in [0.15, 0.2) is 0 Å². The number of hydrogen-bond acceptors (Lipinski definition) is 1. The molecule has 1 heteroatoms. The van der Waals surface area contributed by atoms with Crippen molar-refractivity contribution in [3.8, 4) is 11.8 Å². The zero-order valence-corrected chi connectivity index (χ0v) is 19.4. The van der Waals surface area contributed by atoms with Gasteiger partial charge in [0.1, 0.15) is 6.61 Å². The highest BCUT2D eigenvalue weighted by Gasteiger charge is 2.69. The summed E-state index contributed by atoms with van der Waals surface area (Å²) >= 11 is 0. The number of allylic oxidation sites excluding steroid dienone is 2. The molecule has 5 aliphatic carbocycles. The van der Waals surface area contributed by atoms with Gasteiger partial charge in [0.2, 0.25) is 0 Å². The molecule has 0 saturated heterocycles. The molecule has 1 aromatic carbocycles. The lowest BCUT2D eigenvalue weighted by atomic mass is 9.46. The van der Waals surface area contributed by atoms with E-state index in [0.717, 1.165) is 35.5 Å². The zero-order valence-electron chi connectivity index (χ0n) is 19.4. The van der Waals surface area contributed by atoms with Crippen molar-refractivity contribution < 1.29 is 4.74 Å². The first-order valence-corrected chi connectivity index (χ1v) is 12.9. The average molecular weight is 415 g/mol. The zero-order chi connectivity index (χ0) is 21.1. The standard InChI is InChI=1S/C30H38O/c1-29-16-7-6-11-22(29)13-14-23-27(29)15-17-30(2)26(24-19-25(24)28(23)30)12-8-18-31-20-21-9-4-3-5-10-21/h3-5,9-10,13-14,22-28H,6-7,11,15-20H2,1-2H3/t22?,23-,24+,25-,26-,27+,28-,29+,30-/m1/s1. The van der Waals surface area contributed by atoms with Gasteiger partial charge in [-0.05, 0) is 84.0 Å². The van der Waals surface area contributed by atoms with Gasteiger partial charge in [-0.2, -0.15) is 0 Å². The normalized spacial score (nSPS) is 46.7. The molecule has 0 N–H and O–H groups in total. The van der Waals surface area contributed by atoms with Crippen LogP contribution in [0.3, 0.4) is 0 Å². The molecule has 9 atom stereocenters. The third-order valence-corrected chi connectivity index (χ3v) is 10.4. The van der Waals surface area contributed by atoms with Gasteiger partial charge in [-0.15, -0.1) is 0 Å². The topological polar surface area (TPSA) is 9.23 Å². The number of hydrogen-bond donors (Lipinski definition) is 0. The van der Waals surface area contributed by atoms with Crippen LogP contribution in [0.4, 0.5) is 0 Å². The second-order valence-electron chi connectivity index (χ2n) is 11.8. The summed E-state index contributed by atoms with van der Waals surface area (Å²) in [6.07, 6.45) is 15.4. The highest BCUT2D eigenvalue weighted by atomic mass is 16.5. The number of fused-ring (bicyclic) bond motifs is 7. The first-order chi connectivity index (χ1) is 15.1. The largest absolute Gasteiger partial charge is 0.364 e. The van der Waals surface area contributed by atoms with E-state index in [9.17, 15) is 0 Å². The van der Waals surface area contributed by atoms with Crippen LogP contribution in [0.5, 0.6) is 0 Å². The third kappa shape index (κ3) is 3.16. The fourth-order valence-corrected chi connectivity index (χ4v) is 8.84. The summed E-state index contributed by atoms with van der Waals surface area (Å²) in [5, 5.41) is 0. The van der Waals surface area contributed by atoms with Crippen LogP contribution < -0.4 is 0 Å². The molecule has 4 saturated carbocycles. The van der Waals surface area contributed by atoms with E-state index in [1.165, 1.54) is 50.5 Å². The van der Waals surface area contributed by atoms with E-state index in [0.29, 0.717) is 30.0 Å². The van der Waals surface area contributed by atoms with Crippen LogP contribution in [0, 0.1) is 64.1 Å². The van der Waals surface area contributed by atoms with Crippen LogP contribution >= 0.6 is 0 Å². The predicted molar refractivity (Wildman–Crippen MR) is 126 cm³/mol. The number of ether oxygens (including phenoxy) is 1. The monoisotopic (exact) mass is 414 g/mol. The summed E-state index contributed by atoms with van der Waals surface area (Å²) in [6, 6.07) is 10.4. The Kier molecular flexibility index (Phi) is 4.88. The molecule has 164 valence electrons. The minimum atomic E-state index is 0.420. The van der Waals surface area contributed by atoms with E-state index < -0.39 is 0 Å². The van der Waals surface area contributed by atoms with E-state index in [2.05, 4.69) is 68.2 Å². The molecule has 0 aliphatic heterocycles. The molecule has 1 aromatic rings. The highest BCUT2D eigenvalue weighted by Crippen LogP contribution is 2.74. The molecule has 6 rings (SSSR count). The Labute approximate surface area is 189 Å². The van der Waals surface area contributed by atoms with Gasteiger partial charge in [-0.3, -0.25) is 0 Å². The minimum Gasteiger partial charge on any atom is -0.364 e. The highest BCUT2D eigenvalue weighted by molar-refractivity contribution is 5.28. The first-order valence-electron chi connectivity index (χ1n) is 12.9. The minimum absolute atomic E-state index is 0.420. The molecule has 0 radical (unpaired) electrons.